The molecular formula is C15H22N4. The number of aryl methyl sites for hydroxylation is 3. The maximum absolute atomic E-state index is 4.62. The highest BCUT2D eigenvalue weighted by Crippen LogP contribution is 2.23. The van der Waals surface area contributed by atoms with Gasteiger partial charge < -0.3 is 5.32 Å². The van der Waals surface area contributed by atoms with E-state index in [2.05, 4.69) is 55.2 Å². The lowest BCUT2D eigenvalue weighted by Gasteiger charge is -2.20. The SMILES string of the molecule is CCNC(c1ncc(C)cc1C)c1ccnn1CC. The van der Waals surface area contributed by atoms with Crippen molar-refractivity contribution in [2.45, 2.75) is 40.3 Å². The van der Waals surface area contributed by atoms with E-state index in [-0.39, 0.29) is 6.04 Å². The summed E-state index contributed by atoms with van der Waals surface area (Å²) < 4.78 is 2.02. The summed E-state index contributed by atoms with van der Waals surface area (Å²) in [6, 6.07) is 4.35. The van der Waals surface area contributed by atoms with Crippen molar-refractivity contribution < 1.29 is 0 Å². The molecule has 0 aromatic carbocycles. The lowest BCUT2D eigenvalue weighted by Crippen LogP contribution is -2.26. The van der Waals surface area contributed by atoms with Gasteiger partial charge in [0.1, 0.15) is 0 Å². The Kier molecular flexibility index (Phi) is 4.32. The van der Waals surface area contributed by atoms with E-state index >= 15 is 0 Å². The van der Waals surface area contributed by atoms with Crippen molar-refractivity contribution in [1.82, 2.24) is 20.1 Å². The zero-order valence-corrected chi connectivity index (χ0v) is 12.1. The summed E-state index contributed by atoms with van der Waals surface area (Å²) >= 11 is 0. The number of rotatable bonds is 5. The van der Waals surface area contributed by atoms with Crippen LogP contribution in [0.3, 0.4) is 0 Å². The molecule has 0 amide bonds. The van der Waals surface area contributed by atoms with Gasteiger partial charge in [0.2, 0.25) is 0 Å². The van der Waals surface area contributed by atoms with Crippen molar-refractivity contribution in [3.8, 4) is 0 Å². The Morgan fingerprint density at radius 3 is 2.74 bits per heavy atom. The molecule has 0 spiro atoms. The van der Waals surface area contributed by atoms with Crippen LogP contribution in [0, 0.1) is 13.8 Å². The van der Waals surface area contributed by atoms with Gasteiger partial charge in [-0.3, -0.25) is 9.67 Å². The molecule has 102 valence electrons. The Labute approximate surface area is 114 Å². The topological polar surface area (TPSA) is 42.7 Å². The molecule has 1 unspecified atom stereocenters. The quantitative estimate of drug-likeness (QED) is 0.896. The predicted octanol–water partition coefficient (Wildman–Crippen LogP) is 2.61. The Morgan fingerprint density at radius 2 is 2.11 bits per heavy atom. The number of hydrogen-bond acceptors (Lipinski definition) is 3. The Balaban J connectivity index is 2.45. The van der Waals surface area contributed by atoms with Gasteiger partial charge in [-0.2, -0.15) is 5.10 Å². The minimum atomic E-state index is 0.105. The van der Waals surface area contributed by atoms with E-state index in [9.17, 15) is 0 Å². The van der Waals surface area contributed by atoms with Gasteiger partial charge in [-0.25, -0.2) is 0 Å². The zero-order chi connectivity index (χ0) is 13.8. The molecule has 0 fully saturated rings. The van der Waals surface area contributed by atoms with Crippen molar-refractivity contribution in [1.29, 1.82) is 0 Å². The van der Waals surface area contributed by atoms with E-state index in [0.717, 1.165) is 18.8 Å². The van der Waals surface area contributed by atoms with Gasteiger partial charge in [-0.15, -0.1) is 0 Å². The highest BCUT2D eigenvalue weighted by molar-refractivity contribution is 5.31. The lowest BCUT2D eigenvalue weighted by atomic mass is 10.0. The molecule has 0 aliphatic carbocycles. The van der Waals surface area contributed by atoms with Crippen LogP contribution in [0.15, 0.2) is 24.5 Å². The lowest BCUT2D eigenvalue weighted by molar-refractivity contribution is 0.532. The zero-order valence-electron chi connectivity index (χ0n) is 12.1. The Morgan fingerprint density at radius 1 is 1.32 bits per heavy atom. The molecule has 2 rings (SSSR count). The van der Waals surface area contributed by atoms with Crippen molar-refractivity contribution >= 4 is 0 Å². The van der Waals surface area contributed by atoms with Gasteiger partial charge in [0.15, 0.2) is 0 Å². The molecule has 1 N–H and O–H groups in total. The molecule has 0 aliphatic heterocycles. The van der Waals surface area contributed by atoms with Gasteiger partial charge in [-0.1, -0.05) is 13.0 Å². The molecule has 0 radical (unpaired) electrons. The number of nitrogens with zero attached hydrogens (tertiary/aromatic N) is 3. The third-order valence-electron chi connectivity index (χ3n) is 3.28. The summed E-state index contributed by atoms with van der Waals surface area (Å²) in [5.41, 5.74) is 4.67. The van der Waals surface area contributed by atoms with Crippen LogP contribution in [0.2, 0.25) is 0 Å². The second kappa shape index (κ2) is 5.97. The molecule has 2 heterocycles. The first kappa shape index (κ1) is 13.7. The average Bonchev–Trinajstić information content (AvgIpc) is 2.85. The van der Waals surface area contributed by atoms with Crippen LogP contribution in [0.4, 0.5) is 0 Å². The van der Waals surface area contributed by atoms with Crippen LogP contribution in [0.1, 0.15) is 42.4 Å². The predicted molar refractivity (Wildman–Crippen MR) is 77.1 cm³/mol. The molecule has 19 heavy (non-hydrogen) atoms. The second-order valence-corrected chi connectivity index (χ2v) is 4.78. The van der Waals surface area contributed by atoms with Crippen molar-refractivity contribution in [3.63, 3.8) is 0 Å². The summed E-state index contributed by atoms with van der Waals surface area (Å²) in [6.07, 6.45) is 3.78. The highest BCUT2D eigenvalue weighted by atomic mass is 15.3. The van der Waals surface area contributed by atoms with Gasteiger partial charge in [0.25, 0.3) is 0 Å². The smallest absolute Gasteiger partial charge is 0.0924 e. The first-order chi connectivity index (χ1) is 9.17. The van der Waals surface area contributed by atoms with Crippen LogP contribution in [-0.2, 0) is 6.54 Å². The number of hydrogen-bond donors (Lipinski definition) is 1. The third kappa shape index (κ3) is 2.84. The van der Waals surface area contributed by atoms with Crippen molar-refractivity contribution in [2.75, 3.05) is 6.54 Å². The number of pyridine rings is 1. The van der Waals surface area contributed by atoms with Crippen LogP contribution < -0.4 is 5.32 Å². The van der Waals surface area contributed by atoms with Gasteiger partial charge in [0, 0.05) is 18.9 Å². The highest BCUT2D eigenvalue weighted by Gasteiger charge is 2.20. The second-order valence-electron chi connectivity index (χ2n) is 4.78. The first-order valence-corrected chi connectivity index (χ1v) is 6.85. The Hall–Kier alpha value is -1.68. The van der Waals surface area contributed by atoms with Crippen molar-refractivity contribution in [3.05, 3.63) is 47.0 Å². The first-order valence-electron chi connectivity index (χ1n) is 6.85. The molecule has 0 bridgehead atoms. The largest absolute Gasteiger partial charge is 0.304 e. The monoisotopic (exact) mass is 258 g/mol. The molecule has 4 heteroatoms. The maximum Gasteiger partial charge on any atom is 0.0924 e. The van der Waals surface area contributed by atoms with Gasteiger partial charge >= 0.3 is 0 Å². The van der Waals surface area contributed by atoms with E-state index in [4.69, 9.17) is 0 Å². The van der Waals surface area contributed by atoms with Crippen LogP contribution in [0.25, 0.3) is 0 Å². The standard InChI is InChI=1S/C15H22N4/c1-5-16-15(13-7-8-18-19(13)6-2)14-12(4)9-11(3)10-17-14/h7-10,15-16H,5-6H2,1-4H3. The summed E-state index contributed by atoms with van der Waals surface area (Å²) in [4.78, 5) is 4.62. The average molecular weight is 258 g/mol. The maximum atomic E-state index is 4.62. The molecule has 0 aliphatic rings. The fraction of sp³-hybridized carbons (Fsp3) is 0.467. The minimum Gasteiger partial charge on any atom is -0.304 e. The minimum absolute atomic E-state index is 0.105. The van der Waals surface area contributed by atoms with Gasteiger partial charge in [-0.05, 0) is 44.5 Å². The molecule has 0 saturated carbocycles. The van der Waals surface area contributed by atoms with E-state index in [1.807, 2.05) is 17.1 Å². The Bertz CT molecular complexity index is 545. The molecule has 4 nitrogen and oxygen atoms in total. The summed E-state index contributed by atoms with van der Waals surface area (Å²) in [5.74, 6) is 0. The summed E-state index contributed by atoms with van der Waals surface area (Å²) in [6.45, 7) is 10.2. The molecule has 1 atom stereocenters. The van der Waals surface area contributed by atoms with Crippen LogP contribution in [-0.4, -0.2) is 21.3 Å². The van der Waals surface area contributed by atoms with E-state index in [1.165, 1.54) is 16.8 Å². The fourth-order valence-corrected chi connectivity index (χ4v) is 2.43. The molecule has 2 aromatic rings. The van der Waals surface area contributed by atoms with Crippen molar-refractivity contribution in [2.24, 2.45) is 0 Å². The van der Waals surface area contributed by atoms with Crippen LogP contribution in [0.5, 0.6) is 0 Å². The van der Waals surface area contributed by atoms with E-state index < -0.39 is 0 Å². The normalized spacial score (nSPS) is 12.6. The van der Waals surface area contributed by atoms with E-state index in [1.54, 1.807) is 0 Å². The summed E-state index contributed by atoms with van der Waals surface area (Å²) in [5, 5.41) is 7.87. The van der Waals surface area contributed by atoms with E-state index in [0.29, 0.717) is 0 Å². The van der Waals surface area contributed by atoms with Crippen LogP contribution >= 0.6 is 0 Å². The fourth-order valence-electron chi connectivity index (χ4n) is 2.43. The molecular weight excluding hydrogens is 236 g/mol. The molecule has 2 aromatic heterocycles. The van der Waals surface area contributed by atoms with Gasteiger partial charge in [0.05, 0.1) is 17.4 Å². The third-order valence-corrected chi connectivity index (χ3v) is 3.28. The number of aromatic nitrogens is 3. The number of nitrogens with one attached hydrogen (secondary N) is 1. The molecule has 0 saturated heterocycles. The summed E-state index contributed by atoms with van der Waals surface area (Å²) in [7, 11) is 0.